The van der Waals surface area contributed by atoms with Gasteiger partial charge in [-0.05, 0) is 29.5 Å². The SMILES string of the molecule is Cn1c(=O)c2c([nH]c(SCC(=O)Nc3ccccc3F)[n+]2Cc2ccccc2)n(C)c1=O. The minimum Gasteiger partial charge on any atom is -0.323 e. The van der Waals surface area contributed by atoms with Gasteiger partial charge in [-0.1, -0.05) is 42.5 Å². The number of nitrogens with one attached hydrogen (secondary N) is 2. The number of thioether (sulfide) groups is 1. The first kappa shape index (κ1) is 21.6. The van der Waals surface area contributed by atoms with Crippen molar-refractivity contribution in [2.45, 2.75) is 11.7 Å². The fourth-order valence-corrected chi connectivity index (χ4v) is 4.22. The lowest BCUT2D eigenvalue weighted by Crippen LogP contribution is -2.44. The quantitative estimate of drug-likeness (QED) is 0.343. The Morgan fingerprint density at radius 3 is 2.47 bits per heavy atom. The number of rotatable bonds is 6. The third-order valence-electron chi connectivity index (χ3n) is 5.05. The van der Waals surface area contributed by atoms with E-state index in [1.165, 1.54) is 23.7 Å². The summed E-state index contributed by atoms with van der Waals surface area (Å²) in [5, 5.41) is 3.08. The number of para-hydroxylation sites is 1. The molecular formula is C22H21FN5O3S+. The molecule has 0 atom stereocenters. The van der Waals surface area contributed by atoms with E-state index in [1.54, 1.807) is 23.7 Å². The molecule has 0 aliphatic rings. The molecule has 0 saturated carbocycles. The molecule has 0 radical (unpaired) electrons. The van der Waals surface area contributed by atoms with Gasteiger partial charge in [0.1, 0.15) is 12.4 Å². The van der Waals surface area contributed by atoms with E-state index in [-0.39, 0.29) is 11.4 Å². The average Bonchev–Trinajstić information content (AvgIpc) is 3.15. The van der Waals surface area contributed by atoms with Gasteiger partial charge in [-0.25, -0.2) is 18.7 Å². The van der Waals surface area contributed by atoms with Gasteiger partial charge in [-0.15, -0.1) is 0 Å². The number of imidazole rings is 1. The zero-order valence-electron chi connectivity index (χ0n) is 17.5. The normalized spacial score (nSPS) is 11.1. The van der Waals surface area contributed by atoms with E-state index in [1.807, 2.05) is 30.3 Å². The molecule has 4 aromatic rings. The molecule has 0 aliphatic carbocycles. The summed E-state index contributed by atoms with van der Waals surface area (Å²) in [6.07, 6.45) is 0. The van der Waals surface area contributed by atoms with Gasteiger partial charge in [0.05, 0.1) is 11.4 Å². The second kappa shape index (κ2) is 8.83. The van der Waals surface area contributed by atoms with Crippen molar-refractivity contribution in [3.8, 4) is 0 Å². The van der Waals surface area contributed by atoms with Gasteiger partial charge in [0.25, 0.3) is 11.2 Å². The minimum absolute atomic E-state index is 0.0236. The summed E-state index contributed by atoms with van der Waals surface area (Å²) in [5.74, 6) is -0.939. The van der Waals surface area contributed by atoms with E-state index in [4.69, 9.17) is 0 Å². The fourth-order valence-electron chi connectivity index (χ4n) is 3.40. The number of hydrogen-bond acceptors (Lipinski definition) is 4. The maximum absolute atomic E-state index is 13.8. The first-order valence-corrected chi connectivity index (χ1v) is 10.8. The zero-order chi connectivity index (χ0) is 22.8. The monoisotopic (exact) mass is 454 g/mol. The number of aryl methyl sites for hydroxylation is 1. The van der Waals surface area contributed by atoms with Gasteiger partial charge in [0.15, 0.2) is 0 Å². The van der Waals surface area contributed by atoms with Crippen LogP contribution in [0.25, 0.3) is 11.2 Å². The van der Waals surface area contributed by atoms with E-state index in [2.05, 4.69) is 10.3 Å². The third-order valence-corrected chi connectivity index (χ3v) is 6.06. The molecule has 164 valence electrons. The largest absolute Gasteiger partial charge is 0.333 e. The molecule has 32 heavy (non-hydrogen) atoms. The molecule has 1 amide bonds. The van der Waals surface area contributed by atoms with Crippen LogP contribution in [0.2, 0.25) is 0 Å². The van der Waals surface area contributed by atoms with Crippen molar-refractivity contribution in [1.82, 2.24) is 14.1 Å². The van der Waals surface area contributed by atoms with Gasteiger partial charge in [0.2, 0.25) is 5.91 Å². The molecule has 2 N–H and O–H groups in total. The molecule has 0 fully saturated rings. The van der Waals surface area contributed by atoms with Crippen LogP contribution in [0.1, 0.15) is 5.56 Å². The Hall–Kier alpha value is -3.66. The third kappa shape index (κ3) is 4.09. The number of amides is 1. The molecule has 0 saturated heterocycles. The number of H-pyrrole nitrogens is 1. The van der Waals surface area contributed by atoms with Crippen molar-refractivity contribution in [3.05, 3.63) is 86.8 Å². The highest BCUT2D eigenvalue weighted by molar-refractivity contribution is 7.99. The predicted molar refractivity (Wildman–Crippen MR) is 120 cm³/mol. The topological polar surface area (TPSA) is 92.8 Å². The minimum atomic E-state index is -0.519. The van der Waals surface area contributed by atoms with Crippen LogP contribution in [0.4, 0.5) is 10.1 Å². The molecule has 0 unspecified atom stereocenters. The Labute approximate surface area is 186 Å². The van der Waals surface area contributed by atoms with Gasteiger partial charge in [0, 0.05) is 14.1 Å². The standard InChI is InChI=1S/C22H20FN5O3S/c1-26-19-18(20(30)27(2)22(26)31)28(12-14-8-4-3-5-9-14)21(25-19)32-13-17(29)24-16-11-7-6-10-15(16)23/h3-11H,12-13H2,1-2H3,(H,24,29)/p+1. The maximum atomic E-state index is 13.8. The number of carbonyl (C=O) groups excluding carboxylic acids is 1. The summed E-state index contributed by atoms with van der Waals surface area (Å²) in [7, 11) is 3.01. The number of anilines is 1. The van der Waals surface area contributed by atoms with E-state index >= 15 is 0 Å². The lowest BCUT2D eigenvalue weighted by molar-refractivity contribution is -0.700. The molecule has 0 aliphatic heterocycles. The molecule has 2 heterocycles. The van der Waals surface area contributed by atoms with Crippen LogP contribution in [0.15, 0.2) is 69.3 Å². The Kier molecular flexibility index (Phi) is 5.95. The second-order valence-corrected chi connectivity index (χ2v) is 8.19. The van der Waals surface area contributed by atoms with Crippen LogP contribution < -0.4 is 21.1 Å². The van der Waals surface area contributed by atoms with Crippen molar-refractivity contribution >= 4 is 34.5 Å². The van der Waals surface area contributed by atoms with E-state index in [0.29, 0.717) is 22.9 Å². The van der Waals surface area contributed by atoms with E-state index in [9.17, 15) is 18.8 Å². The van der Waals surface area contributed by atoms with Crippen molar-refractivity contribution in [2.24, 2.45) is 14.1 Å². The number of fused-ring (bicyclic) bond motifs is 1. The maximum Gasteiger partial charge on any atom is 0.333 e. The molecule has 0 spiro atoms. The molecule has 10 heteroatoms. The first-order chi connectivity index (χ1) is 15.4. The van der Waals surface area contributed by atoms with Gasteiger partial charge in [-0.2, -0.15) is 0 Å². The Balaban J connectivity index is 1.70. The molecule has 0 bridgehead atoms. The first-order valence-electron chi connectivity index (χ1n) is 9.79. The van der Waals surface area contributed by atoms with Crippen molar-refractivity contribution < 1.29 is 13.8 Å². The summed E-state index contributed by atoms with van der Waals surface area (Å²) in [6.45, 7) is 0.367. The number of halogens is 1. The van der Waals surface area contributed by atoms with Crippen molar-refractivity contribution in [1.29, 1.82) is 0 Å². The lowest BCUT2D eigenvalue weighted by Gasteiger charge is -2.05. The van der Waals surface area contributed by atoms with Crippen LogP contribution in [0, 0.1) is 5.82 Å². The highest BCUT2D eigenvalue weighted by Gasteiger charge is 2.27. The summed E-state index contributed by atoms with van der Waals surface area (Å²) in [4.78, 5) is 40.8. The number of carbonyl (C=O) groups is 1. The number of aromatic amines is 1. The van der Waals surface area contributed by atoms with Crippen LogP contribution in [-0.2, 0) is 25.4 Å². The summed E-state index contributed by atoms with van der Waals surface area (Å²) in [6, 6.07) is 15.5. The number of hydrogen-bond donors (Lipinski definition) is 2. The van der Waals surface area contributed by atoms with Crippen LogP contribution >= 0.6 is 11.8 Å². The van der Waals surface area contributed by atoms with Gasteiger partial charge >= 0.3 is 16.4 Å². The van der Waals surface area contributed by atoms with Crippen LogP contribution in [-0.4, -0.2) is 25.8 Å². The Morgan fingerprint density at radius 1 is 1.06 bits per heavy atom. The highest BCUT2D eigenvalue weighted by atomic mass is 32.2. The van der Waals surface area contributed by atoms with Crippen LogP contribution in [0.3, 0.4) is 0 Å². The second-order valence-electron chi connectivity index (χ2n) is 7.22. The number of nitrogens with zero attached hydrogens (tertiary/aromatic N) is 3. The van der Waals surface area contributed by atoms with Gasteiger partial charge in [-0.3, -0.25) is 18.7 Å². The smallest absolute Gasteiger partial charge is 0.323 e. The average molecular weight is 455 g/mol. The van der Waals surface area contributed by atoms with E-state index < -0.39 is 23.0 Å². The summed E-state index contributed by atoms with van der Waals surface area (Å²) < 4.78 is 18.0. The lowest BCUT2D eigenvalue weighted by atomic mass is 10.2. The summed E-state index contributed by atoms with van der Waals surface area (Å²) in [5.41, 5.74) is 0.860. The number of aromatic nitrogens is 4. The molecule has 2 aromatic heterocycles. The predicted octanol–water partition coefficient (Wildman–Crippen LogP) is 1.77. The Morgan fingerprint density at radius 2 is 1.75 bits per heavy atom. The fraction of sp³-hybridized carbons (Fsp3) is 0.182. The number of benzene rings is 2. The molecule has 8 nitrogen and oxygen atoms in total. The molecule has 4 rings (SSSR count). The van der Waals surface area contributed by atoms with Crippen molar-refractivity contribution in [3.63, 3.8) is 0 Å². The molecule has 2 aromatic carbocycles. The summed E-state index contributed by atoms with van der Waals surface area (Å²) >= 11 is 1.16. The Bertz CT molecular complexity index is 1430. The van der Waals surface area contributed by atoms with Crippen LogP contribution in [0.5, 0.6) is 0 Å². The molecular weight excluding hydrogens is 433 g/mol. The van der Waals surface area contributed by atoms with Crippen molar-refractivity contribution in [2.75, 3.05) is 11.1 Å². The van der Waals surface area contributed by atoms with E-state index in [0.717, 1.165) is 21.9 Å². The van der Waals surface area contributed by atoms with Gasteiger partial charge < -0.3 is 5.32 Å². The zero-order valence-corrected chi connectivity index (χ0v) is 18.3. The highest BCUT2D eigenvalue weighted by Crippen LogP contribution is 2.18.